The quantitative estimate of drug-likeness (QED) is 0.306. The molecule has 15 nitrogen and oxygen atoms in total. The van der Waals surface area contributed by atoms with Crippen LogP contribution in [0.5, 0.6) is 0 Å². The van der Waals surface area contributed by atoms with Crippen LogP contribution in [0.2, 0.25) is 5.02 Å². The maximum atomic E-state index is 13.4. The van der Waals surface area contributed by atoms with Crippen molar-refractivity contribution in [1.29, 1.82) is 5.26 Å². The number of anilines is 4. The number of nitrogens with one attached hydrogen (secondary N) is 2. The summed E-state index contributed by atoms with van der Waals surface area (Å²) in [6.45, 7) is 11.6. The van der Waals surface area contributed by atoms with Crippen molar-refractivity contribution in [1.82, 2.24) is 25.0 Å². The molecule has 0 radical (unpaired) electrons. The average Bonchev–Trinajstić information content (AvgIpc) is 3.49. The zero-order valence-electron chi connectivity index (χ0n) is 33.4. The molecule has 5 aliphatic rings. The number of hydrogen-bond acceptors (Lipinski definition) is 11. The Morgan fingerprint density at radius 1 is 0.864 bits per heavy atom. The number of pyridine rings is 1. The van der Waals surface area contributed by atoms with Crippen LogP contribution < -0.4 is 25.3 Å². The molecule has 16 heteroatoms. The lowest BCUT2D eigenvalue weighted by Gasteiger charge is -2.45. The third kappa shape index (κ3) is 8.29. The van der Waals surface area contributed by atoms with Gasteiger partial charge in [-0.05, 0) is 101 Å². The minimum atomic E-state index is -0.971. The first kappa shape index (κ1) is 40.1. The van der Waals surface area contributed by atoms with Crippen molar-refractivity contribution < 1.29 is 24.0 Å². The van der Waals surface area contributed by atoms with Crippen molar-refractivity contribution in [2.45, 2.75) is 64.1 Å². The number of urea groups is 1. The first-order valence-corrected chi connectivity index (χ1v) is 20.9. The second-order valence-corrected chi connectivity index (χ2v) is 16.7. The number of fused-ring (bicyclic) bond motifs is 1. The molecule has 59 heavy (non-hydrogen) atoms. The molecule has 6 amide bonds. The van der Waals surface area contributed by atoms with Crippen LogP contribution in [0, 0.1) is 17.2 Å². The Morgan fingerprint density at radius 2 is 1.61 bits per heavy atom. The molecule has 2 N–H and O–H groups in total. The van der Waals surface area contributed by atoms with Gasteiger partial charge in [0.25, 0.3) is 11.8 Å². The van der Waals surface area contributed by atoms with E-state index >= 15 is 0 Å². The lowest BCUT2D eigenvalue weighted by Crippen LogP contribution is -2.59. The lowest BCUT2D eigenvalue weighted by molar-refractivity contribution is -0.136. The standard InChI is InChI=1S/C43H49ClN10O5/c1-27-26-53(28(2)25-52(27)33-5-3-30(23-45)36(44)22-33)43(59)47-31-4-9-38(46-24-31)51-15-12-29(13-16-51)11-14-49-17-19-50(20-18-49)32-6-7-34-35(21-32)42(58)54(41(34)57)37-8-10-39(55)48-40(37)56/h3-7,9,21-22,24,27-29,37H,8,10-20,25-26H2,1-2H3,(H,47,59)(H,48,55,56)/t27-,28+,37-/m0/s1. The first-order chi connectivity index (χ1) is 28.5. The van der Waals surface area contributed by atoms with Gasteiger partial charge < -0.3 is 24.9 Å². The van der Waals surface area contributed by atoms with Gasteiger partial charge in [-0.1, -0.05) is 11.6 Å². The van der Waals surface area contributed by atoms with E-state index in [2.05, 4.69) is 43.2 Å². The van der Waals surface area contributed by atoms with E-state index < -0.39 is 29.7 Å². The average molecular weight is 821 g/mol. The van der Waals surface area contributed by atoms with E-state index in [4.69, 9.17) is 16.6 Å². The molecule has 308 valence electrons. The molecule has 3 atom stereocenters. The molecule has 0 saturated carbocycles. The minimum absolute atomic E-state index is 0.0423. The highest BCUT2D eigenvalue weighted by molar-refractivity contribution is 6.32. The summed E-state index contributed by atoms with van der Waals surface area (Å²) in [4.78, 5) is 80.7. The summed E-state index contributed by atoms with van der Waals surface area (Å²) in [7, 11) is 0. The van der Waals surface area contributed by atoms with Gasteiger partial charge in [0.05, 0.1) is 33.6 Å². The third-order valence-electron chi connectivity index (χ3n) is 12.6. The fourth-order valence-electron chi connectivity index (χ4n) is 9.09. The van der Waals surface area contributed by atoms with E-state index in [0.29, 0.717) is 46.4 Å². The van der Waals surface area contributed by atoms with Gasteiger partial charge in [-0.3, -0.25) is 34.3 Å². The molecule has 0 aliphatic carbocycles. The van der Waals surface area contributed by atoms with E-state index in [1.807, 2.05) is 42.2 Å². The number of amides is 6. The van der Waals surface area contributed by atoms with Crippen molar-refractivity contribution in [2.75, 3.05) is 78.9 Å². The molecule has 0 bridgehead atoms. The number of hydrogen-bond donors (Lipinski definition) is 2. The fourth-order valence-corrected chi connectivity index (χ4v) is 9.30. The van der Waals surface area contributed by atoms with Gasteiger partial charge in [0.1, 0.15) is 17.9 Å². The third-order valence-corrected chi connectivity index (χ3v) is 12.9. The molecule has 4 saturated heterocycles. The monoisotopic (exact) mass is 820 g/mol. The Bertz CT molecular complexity index is 2180. The summed E-state index contributed by atoms with van der Waals surface area (Å²) in [5.41, 5.74) is 3.53. The SMILES string of the molecule is C[C@@H]1CN(c2ccc(C#N)c(Cl)c2)[C@@H](C)CN1C(=O)Nc1ccc(N2CCC(CCN3CCN(c4ccc5c(c4)C(=O)N([C@H]4CCC(=O)NC4=O)C5=O)CC3)CC2)nc1. The molecule has 5 aliphatic heterocycles. The number of imide groups is 2. The number of nitriles is 1. The van der Waals surface area contributed by atoms with Gasteiger partial charge in [0.15, 0.2) is 0 Å². The van der Waals surface area contributed by atoms with Crippen LogP contribution in [0.15, 0.2) is 54.7 Å². The predicted molar refractivity (Wildman–Crippen MR) is 224 cm³/mol. The Labute approximate surface area is 348 Å². The fraction of sp³-hybridized carbons (Fsp3) is 0.465. The van der Waals surface area contributed by atoms with Crippen LogP contribution in [0.4, 0.5) is 27.7 Å². The number of piperidine rings is 2. The minimum Gasteiger partial charge on any atom is -0.369 e. The highest BCUT2D eigenvalue weighted by Crippen LogP contribution is 2.32. The summed E-state index contributed by atoms with van der Waals surface area (Å²) in [5.74, 6) is -0.424. The summed E-state index contributed by atoms with van der Waals surface area (Å²) in [6.07, 6.45) is 5.28. The van der Waals surface area contributed by atoms with E-state index in [-0.39, 0.29) is 31.0 Å². The maximum Gasteiger partial charge on any atom is 0.322 e. The van der Waals surface area contributed by atoms with Gasteiger partial charge in [-0.15, -0.1) is 0 Å². The number of aromatic nitrogens is 1. The molecule has 1 aromatic heterocycles. The topological polar surface area (TPSA) is 166 Å². The van der Waals surface area contributed by atoms with Gasteiger partial charge >= 0.3 is 6.03 Å². The van der Waals surface area contributed by atoms with Crippen LogP contribution in [-0.2, 0) is 9.59 Å². The molecular formula is C43H49ClN10O5. The number of benzene rings is 2. The second-order valence-electron chi connectivity index (χ2n) is 16.3. The summed E-state index contributed by atoms with van der Waals surface area (Å²) in [5, 5.41) is 14.9. The first-order valence-electron chi connectivity index (χ1n) is 20.5. The number of nitrogens with zero attached hydrogens (tertiary/aromatic N) is 8. The molecule has 8 rings (SSSR count). The zero-order valence-corrected chi connectivity index (χ0v) is 34.2. The second kappa shape index (κ2) is 16.9. The Morgan fingerprint density at radius 3 is 2.31 bits per heavy atom. The number of rotatable bonds is 8. The molecule has 4 fully saturated rings. The van der Waals surface area contributed by atoms with Crippen LogP contribution in [0.3, 0.4) is 0 Å². The summed E-state index contributed by atoms with van der Waals surface area (Å²) >= 11 is 6.30. The molecule has 0 unspecified atom stereocenters. The number of halogens is 1. The van der Waals surface area contributed by atoms with Gasteiger partial charge in [-0.25, -0.2) is 9.78 Å². The Balaban J connectivity index is 0.758. The largest absolute Gasteiger partial charge is 0.369 e. The van der Waals surface area contributed by atoms with Crippen molar-refractivity contribution in [3.05, 3.63) is 76.4 Å². The Hall–Kier alpha value is -5.72. The molecule has 6 heterocycles. The molecule has 2 aromatic carbocycles. The van der Waals surface area contributed by atoms with E-state index in [1.165, 1.54) is 0 Å². The molecular weight excluding hydrogens is 772 g/mol. The van der Waals surface area contributed by atoms with Crippen LogP contribution in [0.1, 0.15) is 72.2 Å². The normalized spacial score (nSPS) is 23.0. The predicted octanol–water partition coefficient (Wildman–Crippen LogP) is 4.57. The van der Waals surface area contributed by atoms with E-state index in [0.717, 1.165) is 87.2 Å². The highest BCUT2D eigenvalue weighted by Gasteiger charge is 2.45. The zero-order chi connectivity index (χ0) is 41.4. The van der Waals surface area contributed by atoms with Crippen LogP contribution in [0.25, 0.3) is 0 Å². The number of carbonyl (C=O) groups excluding carboxylic acids is 5. The summed E-state index contributed by atoms with van der Waals surface area (Å²) < 4.78 is 0. The highest BCUT2D eigenvalue weighted by atomic mass is 35.5. The number of carbonyl (C=O) groups is 5. The summed E-state index contributed by atoms with van der Waals surface area (Å²) in [6, 6.07) is 15.7. The van der Waals surface area contributed by atoms with Crippen LogP contribution in [-0.4, -0.2) is 126 Å². The smallest absolute Gasteiger partial charge is 0.322 e. The van der Waals surface area contributed by atoms with E-state index in [1.54, 1.807) is 24.4 Å². The lowest BCUT2D eigenvalue weighted by atomic mass is 9.93. The van der Waals surface area contributed by atoms with Crippen LogP contribution >= 0.6 is 11.6 Å². The van der Waals surface area contributed by atoms with Crippen molar-refractivity contribution in [2.24, 2.45) is 5.92 Å². The van der Waals surface area contributed by atoms with Gasteiger partial charge in [0, 0.05) is 82.2 Å². The molecule has 0 spiro atoms. The van der Waals surface area contributed by atoms with Gasteiger partial charge in [0.2, 0.25) is 11.8 Å². The maximum absolute atomic E-state index is 13.4. The van der Waals surface area contributed by atoms with Crippen molar-refractivity contribution >= 4 is 64.1 Å². The Kier molecular flexibility index (Phi) is 11.5. The number of piperazine rings is 2. The van der Waals surface area contributed by atoms with Crippen molar-refractivity contribution in [3.63, 3.8) is 0 Å². The molecule has 3 aromatic rings. The van der Waals surface area contributed by atoms with E-state index in [9.17, 15) is 29.2 Å². The van der Waals surface area contributed by atoms with Gasteiger partial charge in [-0.2, -0.15) is 5.26 Å². The van der Waals surface area contributed by atoms with Crippen molar-refractivity contribution in [3.8, 4) is 6.07 Å².